The van der Waals surface area contributed by atoms with Crippen LogP contribution in [0.2, 0.25) is 0 Å². The predicted octanol–water partition coefficient (Wildman–Crippen LogP) is 2.31. The number of methoxy groups -OCH3 is 4. The van der Waals surface area contributed by atoms with Crippen molar-refractivity contribution in [1.82, 2.24) is 0 Å². The van der Waals surface area contributed by atoms with E-state index in [0.29, 0.717) is 17.1 Å². The lowest BCUT2D eigenvalue weighted by Gasteiger charge is -2.17. The molecule has 0 amide bonds. The molecule has 0 aliphatic rings. The van der Waals surface area contributed by atoms with Crippen molar-refractivity contribution in [2.45, 2.75) is 0 Å². The van der Waals surface area contributed by atoms with Crippen LogP contribution in [0, 0.1) is 17.8 Å². The summed E-state index contributed by atoms with van der Waals surface area (Å²) in [5.74, 6) is 3.15. The van der Waals surface area contributed by atoms with E-state index in [4.69, 9.17) is 30.8 Å². The number of hydrogen-bond acceptors (Lipinski definition) is 8. The first-order valence-electron chi connectivity index (χ1n) is 8.43. The van der Waals surface area contributed by atoms with Gasteiger partial charge in [0.15, 0.2) is 11.5 Å². The van der Waals surface area contributed by atoms with Crippen molar-refractivity contribution >= 4 is 17.2 Å². The molecule has 152 valence electrons. The summed E-state index contributed by atoms with van der Waals surface area (Å²) in [5.41, 5.74) is 0.583. The quantitative estimate of drug-likeness (QED) is 0.257. The molecule has 29 heavy (non-hydrogen) atoms. The number of ketones is 1. The second-order valence-corrected chi connectivity index (χ2v) is 5.66. The minimum absolute atomic E-state index is 0.164. The van der Waals surface area contributed by atoms with Gasteiger partial charge in [-0.05, 0) is 24.3 Å². The summed E-state index contributed by atoms with van der Waals surface area (Å²) in [6.07, 6.45) is 5.57. The molecule has 0 atom stereocenters. The summed E-state index contributed by atoms with van der Waals surface area (Å²) in [6, 6.07) is 6.01. The van der Waals surface area contributed by atoms with Crippen LogP contribution in [0.1, 0.15) is 21.5 Å². The third kappa shape index (κ3) is 4.10. The molecule has 8 nitrogen and oxygen atoms in total. The van der Waals surface area contributed by atoms with Crippen molar-refractivity contribution in [2.75, 3.05) is 40.5 Å². The summed E-state index contributed by atoms with van der Waals surface area (Å²) in [5, 5.41) is 20.5. The standard InChI is InChI=1S/C21H22N2O6/c1-6-13-15(26-2)8-7-14(19(13)23-11-24)18(22)20(25)12-9-16(27-3)21(29-5)17(10-12)28-4/h1,7-10,22-24H,11H2,2-5H3. The van der Waals surface area contributed by atoms with Crippen LogP contribution in [0.15, 0.2) is 24.3 Å². The third-order valence-electron chi connectivity index (χ3n) is 4.21. The SMILES string of the molecule is C#Cc1c(OC)ccc(C(=N)C(=O)c2cc(OC)c(OC)c(OC)c2)c1NCO. The summed E-state index contributed by atoms with van der Waals surface area (Å²) in [4.78, 5) is 13.0. The molecule has 0 radical (unpaired) electrons. The highest BCUT2D eigenvalue weighted by Crippen LogP contribution is 2.39. The van der Waals surface area contributed by atoms with E-state index in [0.717, 1.165) is 0 Å². The molecule has 0 aliphatic carbocycles. The number of benzene rings is 2. The van der Waals surface area contributed by atoms with Crippen molar-refractivity contribution in [2.24, 2.45) is 0 Å². The van der Waals surface area contributed by atoms with Crippen LogP contribution in [0.3, 0.4) is 0 Å². The number of carbonyl (C=O) groups excluding carboxylic acids is 1. The maximum atomic E-state index is 13.0. The fraction of sp³-hybridized carbons (Fsp3) is 0.238. The normalized spacial score (nSPS) is 9.93. The fourth-order valence-electron chi connectivity index (χ4n) is 2.85. The van der Waals surface area contributed by atoms with Crippen molar-refractivity contribution in [1.29, 1.82) is 5.41 Å². The van der Waals surface area contributed by atoms with Crippen molar-refractivity contribution in [3.8, 4) is 35.3 Å². The first kappa shape index (κ1) is 21.6. The minimum Gasteiger partial charge on any atom is -0.495 e. The average Bonchev–Trinajstić information content (AvgIpc) is 2.76. The third-order valence-corrected chi connectivity index (χ3v) is 4.21. The summed E-state index contributed by atoms with van der Waals surface area (Å²) < 4.78 is 21.0. The van der Waals surface area contributed by atoms with Gasteiger partial charge in [0.1, 0.15) is 18.2 Å². The van der Waals surface area contributed by atoms with Gasteiger partial charge in [-0.25, -0.2) is 0 Å². The maximum Gasteiger partial charge on any atom is 0.211 e. The number of Topliss-reactive ketones (excluding diaryl/α,β-unsaturated/α-hetero) is 1. The monoisotopic (exact) mass is 398 g/mol. The van der Waals surface area contributed by atoms with E-state index >= 15 is 0 Å². The number of aliphatic hydroxyl groups excluding tert-OH is 1. The molecule has 0 aromatic heterocycles. The minimum atomic E-state index is -0.599. The molecule has 0 unspecified atom stereocenters. The molecule has 2 aromatic rings. The van der Waals surface area contributed by atoms with Gasteiger partial charge in [-0.3, -0.25) is 10.2 Å². The lowest BCUT2D eigenvalue weighted by Crippen LogP contribution is -2.18. The average molecular weight is 398 g/mol. The number of ether oxygens (including phenoxy) is 4. The Morgan fingerprint density at radius 1 is 1.07 bits per heavy atom. The molecule has 2 aromatic carbocycles. The Morgan fingerprint density at radius 2 is 1.66 bits per heavy atom. The molecule has 0 aliphatic heterocycles. The maximum absolute atomic E-state index is 13.0. The molecule has 0 saturated heterocycles. The van der Waals surface area contributed by atoms with Gasteiger partial charge in [-0.15, -0.1) is 6.42 Å². The second-order valence-electron chi connectivity index (χ2n) is 5.66. The zero-order valence-electron chi connectivity index (χ0n) is 16.6. The zero-order chi connectivity index (χ0) is 21.6. The number of carbonyl (C=O) groups is 1. The highest BCUT2D eigenvalue weighted by molar-refractivity contribution is 6.51. The number of hydrogen-bond donors (Lipinski definition) is 3. The van der Waals surface area contributed by atoms with Crippen LogP contribution in [-0.4, -0.2) is 51.8 Å². The molecule has 0 bridgehead atoms. The Balaban J connectivity index is 2.59. The number of terminal acetylenes is 1. The summed E-state index contributed by atoms with van der Waals surface area (Å²) in [6.45, 7) is -0.444. The number of aliphatic hydroxyl groups is 1. The van der Waals surface area contributed by atoms with Crippen LogP contribution in [0.4, 0.5) is 5.69 Å². The molecular formula is C21H22N2O6. The lowest BCUT2D eigenvalue weighted by molar-refractivity contribution is 0.106. The number of rotatable bonds is 9. The van der Waals surface area contributed by atoms with Crippen LogP contribution in [0.5, 0.6) is 23.0 Å². The molecule has 2 rings (SSSR count). The van der Waals surface area contributed by atoms with Gasteiger partial charge in [0.2, 0.25) is 11.5 Å². The number of nitrogens with one attached hydrogen (secondary N) is 2. The van der Waals surface area contributed by atoms with E-state index in [1.54, 1.807) is 6.07 Å². The lowest BCUT2D eigenvalue weighted by atomic mass is 9.96. The fourth-order valence-corrected chi connectivity index (χ4v) is 2.85. The molecule has 0 fully saturated rings. The van der Waals surface area contributed by atoms with E-state index in [1.807, 2.05) is 0 Å². The van der Waals surface area contributed by atoms with Gasteiger partial charge in [-0.1, -0.05) is 5.92 Å². The zero-order valence-corrected chi connectivity index (χ0v) is 16.6. The Hall–Kier alpha value is -3.70. The highest BCUT2D eigenvalue weighted by Gasteiger charge is 2.24. The van der Waals surface area contributed by atoms with E-state index in [1.165, 1.54) is 46.6 Å². The van der Waals surface area contributed by atoms with Gasteiger partial charge < -0.3 is 29.4 Å². The Labute approximate surface area is 168 Å². The van der Waals surface area contributed by atoms with E-state index < -0.39 is 12.5 Å². The Morgan fingerprint density at radius 3 is 2.10 bits per heavy atom. The van der Waals surface area contributed by atoms with Gasteiger partial charge in [0, 0.05) is 11.1 Å². The first-order valence-corrected chi connectivity index (χ1v) is 8.43. The van der Waals surface area contributed by atoms with E-state index in [2.05, 4.69) is 11.2 Å². The molecular weight excluding hydrogens is 376 g/mol. The molecule has 0 spiro atoms. The van der Waals surface area contributed by atoms with E-state index in [9.17, 15) is 9.90 Å². The molecule has 0 heterocycles. The van der Waals surface area contributed by atoms with Crippen molar-refractivity contribution in [3.63, 3.8) is 0 Å². The van der Waals surface area contributed by atoms with E-state index in [-0.39, 0.29) is 34.0 Å². The van der Waals surface area contributed by atoms with Crippen LogP contribution >= 0.6 is 0 Å². The molecule has 8 heteroatoms. The molecule has 3 N–H and O–H groups in total. The van der Waals surface area contributed by atoms with Crippen LogP contribution < -0.4 is 24.3 Å². The number of anilines is 1. The second kappa shape index (κ2) is 9.48. The van der Waals surface area contributed by atoms with Crippen LogP contribution in [0.25, 0.3) is 0 Å². The first-order chi connectivity index (χ1) is 14.0. The predicted molar refractivity (Wildman–Crippen MR) is 109 cm³/mol. The van der Waals surface area contributed by atoms with Gasteiger partial charge in [0.25, 0.3) is 0 Å². The molecule has 0 saturated carbocycles. The van der Waals surface area contributed by atoms with Gasteiger partial charge >= 0.3 is 0 Å². The topological polar surface area (TPSA) is 110 Å². The van der Waals surface area contributed by atoms with Crippen molar-refractivity contribution in [3.05, 3.63) is 41.0 Å². The van der Waals surface area contributed by atoms with Crippen molar-refractivity contribution < 1.29 is 28.8 Å². The van der Waals surface area contributed by atoms with Crippen LogP contribution in [-0.2, 0) is 0 Å². The Bertz CT molecular complexity index is 953. The summed E-state index contributed by atoms with van der Waals surface area (Å²) in [7, 11) is 5.77. The highest BCUT2D eigenvalue weighted by atomic mass is 16.5. The summed E-state index contributed by atoms with van der Waals surface area (Å²) >= 11 is 0. The smallest absolute Gasteiger partial charge is 0.211 e. The largest absolute Gasteiger partial charge is 0.495 e. The van der Waals surface area contributed by atoms with Gasteiger partial charge in [0.05, 0.1) is 39.7 Å². The Kier molecular flexibility index (Phi) is 7.06. The van der Waals surface area contributed by atoms with Gasteiger partial charge in [-0.2, -0.15) is 0 Å².